The highest BCUT2D eigenvalue weighted by molar-refractivity contribution is 5.81. The molecule has 0 aromatic carbocycles. The molecule has 1 heterocycles. The van der Waals surface area contributed by atoms with Gasteiger partial charge in [-0.25, -0.2) is 0 Å². The second kappa shape index (κ2) is 56.8. The molecular weight excluding hydrogens is 1010 g/mol. The van der Waals surface area contributed by atoms with Gasteiger partial charge in [-0.2, -0.15) is 0 Å². The van der Waals surface area contributed by atoms with E-state index in [1.54, 1.807) is 12.2 Å². The van der Waals surface area contributed by atoms with Crippen molar-refractivity contribution < 1.29 is 49.3 Å². The van der Waals surface area contributed by atoms with Crippen molar-refractivity contribution in [2.45, 2.75) is 307 Å². The third kappa shape index (κ3) is 44.5. The SMILES string of the molecule is CC/C=C\C/C=C\C/C=C\C/C=C\C/C=C\C/C=C\CCCCCCCCCCC(=O)OC1C(OCC(NC(=O)C(O)C/C=C/C/C=C\CCCCCCCC)C(O)/C=C/CCCCCCCCCCCCC)OC(CO)C(O)C1O. The fraction of sp³-hybridized carbons (Fsp3) is 0.714. The Bertz CT molecular complexity index is 1730. The van der Waals surface area contributed by atoms with Gasteiger partial charge in [0.2, 0.25) is 5.91 Å². The molecule has 0 aromatic rings. The Kier molecular flexibility index (Phi) is 52.8. The number of amides is 1. The van der Waals surface area contributed by atoms with Gasteiger partial charge in [0.1, 0.15) is 24.4 Å². The maximum Gasteiger partial charge on any atom is 0.306 e. The third-order valence-electron chi connectivity index (χ3n) is 14.7. The molecule has 1 amide bonds. The van der Waals surface area contributed by atoms with Gasteiger partial charge in [-0.1, -0.05) is 265 Å². The van der Waals surface area contributed by atoms with Gasteiger partial charge in [-0.15, -0.1) is 0 Å². The number of hydrogen-bond donors (Lipinski definition) is 6. The molecule has 464 valence electrons. The minimum Gasteiger partial charge on any atom is -0.454 e. The second-order valence-corrected chi connectivity index (χ2v) is 22.1. The summed E-state index contributed by atoms with van der Waals surface area (Å²) in [5.41, 5.74) is 0. The molecule has 1 aliphatic rings. The van der Waals surface area contributed by atoms with Gasteiger partial charge in [0.15, 0.2) is 12.4 Å². The van der Waals surface area contributed by atoms with Crippen LogP contribution in [0.1, 0.15) is 258 Å². The number of aliphatic hydroxyl groups is 5. The molecule has 81 heavy (non-hydrogen) atoms. The monoisotopic (exact) mass is 1130 g/mol. The molecule has 0 bridgehead atoms. The van der Waals surface area contributed by atoms with E-state index < -0.39 is 67.4 Å². The van der Waals surface area contributed by atoms with Crippen LogP contribution in [0.25, 0.3) is 0 Å². The maximum atomic E-state index is 13.4. The molecule has 1 aliphatic heterocycles. The minimum atomic E-state index is -1.63. The van der Waals surface area contributed by atoms with Crippen molar-refractivity contribution in [2.24, 2.45) is 0 Å². The van der Waals surface area contributed by atoms with Gasteiger partial charge in [0, 0.05) is 12.8 Å². The lowest BCUT2D eigenvalue weighted by molar-refractivity contribution is -0.305. The molecular formula is C70H119NO10. The molecule has 1 rings (SSSR count). The van der Waals surface area contributed by atoms with Crippen molar-refractivity contribution in [3.05, 3.63) is 109 Å². The lowest BCUT2D eigenvalue weighted by atomic mass is 9.99. The zero-order chi connectivity index (χ0) is 58.9. The molecule has 8 unspecified atom stereocenters. The number of allylic oxidation sites excluding steroid dienone is 16. The number of hydrogen-bond acceptors (Lipinski definition) is 10. The van der Waals surface area contributed by atoms with Gasteiger partial charge in [-0.3, -0.25) is 9.59 Å². The lowest BCUT2D eigenvalue weighted by Gasteiger charge is -2.41. The fourth-order valence-corrected chi connectivity index (χ4v) is 9.52. The van der Waals surface area contributed by atoms with E-state index in [0.29, 0.717) is 12.8 Å². The number of nitrogens with one attached hydrogen (secondary N) is 1. The van der Waals surface area contributed by atoms with E-state index >= 15 is 0 Å². The van der Waals surface area contributed by atoms with Gasteiger partial charge in [0.05, 0.1) is 25.4 Å². The van der Waals surface area contributed by atoms with Crippen LogP contribution in [0, 0.1) is 0 Å². The number of ether oxygens (including phenoxy) is 3. The predicted octanol–water partition coefficient (Wildman–Crippen LogP) is 16.1. The van der Waals surface area contributed by atoms with Crippen molar-refractivity contribution in [1.82, 2.24) is 5.32 Å². The topological polar surface area (TPSA) is 175 Å². The van der Waals surface area contributed by atoms with Crippen molar-refractivity contribution in [1.29, 1.82) is 0 Å². The zero-order valence-electron chi connectivity index (χ0n) is 51.4. The number of esters is 1. The predicted molar refractivity (Wildman–Crippen MR) is 338 cm³/mol. The molecule has 0 aliphatic carbocycles. The summed E-state index contributed by atoms with van der Waals surface area (Å²) in [5.74, 6) is -1.28. The smallest absolute Gasteiger partial charge is 0.306 e. The number of rotatable bonds is 54. The summed E-state index contributed by atoms with van der Waals surface area (Å²) in [4.78, 5) is 26.5. The largest absolute Gasteiger partial charge is 0.454 e. The van der Waals surface area contributed by atoms with Crippen LogP contribution in [0.15, 0.2) is 109 Å². The first-order chi connectivity index (χ1) is 39.7. The summed E-state index contributed by atoms with van der Waals surface area (Å²) in [6.45, 7) is 5.62. The van der Waals surface area contributed by atoms with Crippen LogP contribution < -0.4 is 5.32 Å². The first-order valence-electron chi connectivity index (χ1n) is 32.7. The third-order valence-corrected chi connectivity index (χ3v) is 14.7. The molecule has 0 aromatic heterocycles. The quantitative estimate of drug-likeness (QED) is 0.0195. The van der Waals surface area contributed by atoms with Crippen molar-refractivity contribution in [3.63, 3.8) is 0 Å². The Hall–Kier alpha value is -3.68. The molecule has 0 radical (unpaired) electrons. The lowest BCUT2D eigenvalue weighted by Crippen LogP contribution is -2.61. The second-order valence-electron chi connectivity index (χ2n) is 22.1. The minimum absolute atomic E-state index is 0.0772. The maximum absolute atomic E-state index is 13.4. The van der Waals surface area contributed by atoms with Crippen molar-refractivity contribution in [2.75, 3.05) is 13.2 Å². The summed E-state index contributed by atoms with van der Waals surface area (Å²) in [5, 5.41) is 56.9. The fourth-order valence-electron chi connectivity index (χ4n) is 9.52. The first kappa shape index (κ1) is 75.3. The summed E-state index contributed by atoms with van der Waals surface area (Å²) in [6, 6.07) is -1.06. The van der Waals surface area contributed by atoms with Crippen LogP contribution in [0.4, 0.5) is 0 Å². The van der Waals surface area contributed by atoms with E-state index in [1.165, 1.54) is 109 Å². The molecule has 6 N–H and O–H groups in total. The normalized spacial score (nSPS) is 19.4. The highest BCUT2D eigenvalue weighted by Crippen LogP contribution is 2.26. The Morgan fingerprint density at radius 1 is 0.494 bits per heavy atom. The van der Waals surface area contributed by atoms with E-state index in [0.717, 1.165) is 103 Å². The standard InChI is InChI=1S/C70H119NO10/c1-4-7-10-13-16-19-22-25-26-27-28-29-30-31-32-33-34-35-36-37-38-40-43-46-49-52-55-58-65(75)81-68-67(77)66(76)64(59-72)80-70(68)79-60-61(62(73)56-53-50-47-44-42-39-23-20-17-14-11-8-5-2)71-69(78)63(74)57-54-51-48-45-41-24-21-18-15-12-9-6-3/h7,10,16,19,25-26,28-29,31-32,34-35,41,45,51,53-54,56,61-64,66-68,70,72-74,76-77H,4-6,8-9,11-15,17-18,20-24,27,30,33,36-40,42-44,46-50,52,55,57-60H2,1-3H3,(H,71,78)/b10-7-,19-16-,26-25-,29-28-,32-31-,35-34-,45-41-,54-51+,56-53+. The number of unbranched alkanes of at least 4 members (excludes halogenated alkanes) is 25. The van der Waals surface area contributed by atoms with Crippen LogP contribution in [0.2, 0.25) is 0 Å². The van der Waals surface area contributed by atoms with E-state index in [-0.39, 0.29) is 19.4 Å². The molecule has 1 saturated heterocycles. The van der Waals surface area contributed by atoms with E-state index in [9.17, 15) is 35.1 Å². The van der Waals surface area contributed by atoms with Gasteiger partial charge in [0.25, 0.3) is 0 Å². The van der Waals surface area contributed by atoms with E-state index in [4.69, 9.17) is 14.2 Å². The van der Waals surface area contributed by atoms with Crippen LogP contribution in [-0.2, 0) is 23.8 Å². The molecule has 1 fully saturated rings. The van der Waals surface area contributed by atoms with Gasteiger partial charge < -0.3 is 45.1 Å². The molecule has 0 saturated carbocycles. The Balaban J connectivity index is 2.62. The van der Waals surface area contributed by atoms with Gasteiger partial charge in [-0.05, 0) is 89.9 Å². The highest BCUT2D eigenvalue weighted by atomic mass is 16.7. The average Bonchev–Trinajstić information content (AvgIpc) is 3.50. The van der Waals surface area contributed by atoms with Crippen molar-refractivity contribution in [3.8, 4) is 0 Å². The van der Waals surface area contributed by atoms with Crippen LogP contribution in [0.5, 0.6) is 0 Å². The Labute approximate surface area is 494 Å². The summed E-state index contributed by atoms with van der Waals surface area (Å²) < 4.78 is 17.6. The average molecular weight is 1130 g/mol. The highest BCUT2D eigenvalue weighted by Gasteiger charge is 2.47. The Morgan fingerprint density at radius 2 is 0.889 bits per heavy atom. The van der Waals surface area contributed by atoms with E-state index in [2.05, 4.69) is 111 Å². The van der Waals surface area contributed by atoms with Gasteiger partial charge >= 0.3 is 5.97 Å². The summed E-state index contributed by atoms with van der Waals surface area (Å²) >= 11 is 0. The number of carbonyl (C=O) groups excluding carboxylic acids is 2. The molecule has 11 nitrogen and oxygen atoms in total. The first-order valence-corrected chi connectivity index (χ1v) is 32.7. The van der Waals surface area contributed by atoms with Crippen molar-refractivity contribution >= 4 is 11.9 Å². The summed E-state index contributed by atoms with van der Waals surface area (Å²) in [6.07, 6.45) is 67.2. The zero-order valence-corrected chi connectivity index (χ0v) is 51.4. The number of aliphatic hydroxyl groups excluding tert-OH is 5. The van der Waals surface area contributed by atoms with E-state index in [1.807, 2.05) is 12.2 Å². The Morgan fingerprint density at radius 3 is 1.33 bits per heavy atom. The molecule has 0 spiro atoms. The van der Waals surface area contributed by atoms with Crippen LogP contribution in [-0.4, -0.2) is 99.6 Å². The number of carbonyl (C=O) groups is 2. The summed E-state index contributed by atoms with van der Waals surface area (Å²) in [7, 11) is 0. The van der Waals surface area contributed by atoms with Crippen LogP contribution in [0.3, 0.4) is 0 Å². The molecule has 8 atom stereocenters. The molecule has 11 heteroatoms. The van der Waals surface area contributed by atoms with Crippen LogP contribution >= 0.6 is 0 Å².